The molecule has 0 amide bonds. The van der Waals surface area contributed by atoms with E-state index < -0.39 is 12.2 Å². The molecule has 0 heterocycles. The molecule has 0 aromatic carbocycles. The van der Waals surface area contributed by atoms with E-state index in [2.05, 4.69) is 27.7 Å². The van der Waals surface area contributed by atoms with E-state index >= 15 is 0 Å². The Kier molecular flexibility index (Phi) is 3.24. The van der Waals surface area contributed by atoms with Crippen LogP contribution in [0.5, 0.6) is 0 Å². The summed E-state index contributed by atoms with van der Waals surface area (Å²) in [4.78, 5) is 11.5. The van der Waals surface area contributed by atoms with Crippen LogP contribution >= 0.6 is 0 Å². The molecule has 4 aliphatic rings. The first-order valence-electron chi connectivity index (χ1n) is 8.15. The van der Waals surface area contributed by atoms with Crippen molar-refractivity contribution in [3.05, 3.63) is 0 Å². The van der Waals surface area contributed by atoms with Gasteiger partial charge in [0, 0.05) is 24.7 Å². The maximum Gasteiger partial charge on any atom is 0.302 e. The molecule has 21 heavy (non-hydrogen) atoms. The quantitative estimate of drug-likeness (QED) is 0.726. The Morgan fingerprint density at radius 2 is 1.67 bits per heavy atom. The molecule has 120 valence electrons. The summed E-state index contributed by atoms with van der Waals surface area (Å²) < 4.78 is 5.61. The summed E-state index contributed by atoms with van der Waals surface area (Å²) in [5.74, 6) is 1.02. The van der Waals surface area contributed by atoms with Gasteiger partial charge in [-0.2, -0.15) is 0 Å². The highest BCUT2D eigenvalue weighted by molar-refractivity contribution is 5.66. The Morgan fingerprint density at radius 3 is 2.24 bits per heavy atom. The summed E-state index contributed by atoms with van der Waals surface area (Å²) >= 11 is 0. The zero-order valence-electron chi connectivity index (χ0n) is 13.7. The van der Waals surface area contributed by atoms with Gasteiger partial charge in [0.2, 0.25) is 0 Å². The lowest BCUT2D eigenvalue weighted by Gasteiger charge is -2.70. The molecule has 4 nitrogen and oxygen atoms in total. The highest BCUT2D eigenvalue weighted by Crippen LogP contribution is 2.73. The van der Waals surface area contributed by atoms with Crippen molar-refractivity contribution in [2.75, 3.05) is 0 Å². The average Bonchev–Trinajstić information content (AvgIpc) is 2.41. The Bertz CT molecular complexity index is 460. The number of fused-ring (bicyclic) bond motifs is 2. The molecule has 4 bridgehead atoms. The highest BCUT2D eigenvalue weighted by Gasteiger charge is 2.74. The molecule has 0 aromatic rings. The van der Waals surface area contributed by atoms with Gasteiger partial charge in [-0.25, -0.2) is 0 Å². The molecule has 2 N–H and O–H groups in total. The second-order valence-electron chi connectivity index (χ2n) is 8.39. The standard InChI is InChI=1S/C17H28O4/c1-8-6-10(21-9(2)18)14-15-13(8)17(14,5)12(20)7-11(19)16(15,3)4/h8,10-15,19-20H,6-7H2,1-5H3/t8-,10+,11+,12+,13-,14+,15-,17+/m0/s1. The maximum absolute atomic E-state index is 11.5. The monoisotopic (exact) mass is 296 g/mol. The van der Waals surface area contributed by atoms with Crippen molar-refractivity contribution in [1.82, 2.24) is 0 Å². The molecular weight excluding hydrogens is 268 g/mol. The van der Waals surface area contributed by atoms with Crippen molar-refractivity contribution in [1.29, 1.82) is 0 Å². The zero-order valence-corrected chi connectivity index (χ0v) is 13.7. The van der Waals surface area contributed by atoms with E-state index in [0.29, 0.717) is 24.2 Å². The number of carbonyl (C=O) groups excluding carboxylic acids is 1. The fraction of sp³-hybridized carbons (Fsp3) is 0.941. The van der Waals surface area contributed by atoms with Gasteiger partial charge >= 0.3 is 5.97 Å². The lowest BCUT2D eigenvalue weighted by Crippen LogP contribution is -2.71. The van der Waals surface area contributed by atoms with Gasteiger partial charge in [0.05, 0.1) is 12.2 Å². The van der Waals surface area contributed by atoms with Gasteiger partial charge in [0.25, 0.3) is 0 Å². The molecule has 4 rings (SSSR count). The second-order valence-corrected chi connectivity index (χ2v) is 8.39. The van der Waals surface area contributed by atoms with Crippen molar-refractivity contribution in [2.24, 2.45) is 34.5 Å². The Labute approximate surface area is 126 Å². The smallest absolute Gasteiger partial charge is 0.302 e. The molecule has 0 aromatic heterocycles. The van der Waals surface area contributed by atoms with Crippen molar-refractivity contribution in [2.45, 2.75) is 65.8 Å². The maximum atomic E-state index is 11.5. The number of esters is 1. The van der Waals surface area contributed by atoms with Gasteiger partial charge in [-0.15, -0.1) is 0 Å². The zero-order chi connectivity index (χ0) is 15.7. The van der Waals surface area contributed by atoms with E-state index in [0.717, 1.165) is 6.42 Å². The number of aliphatic hydroxyl groups excluding tert-OH is 2. The molecule has 0 aliphatic heterocycles. The molecule has 8 atom stereocenters. The van der Waals surface area contributed by atoms with Crippen LogP contribution in [0.15, 0.2) is 0 Å². The number of hydrogen-bond donors (Lipinski definition) is 2. The van der Waals surface area contributed by atoms with Crippen molar-refractivity contribution < 1.29 is 19.7 Å². The Hall–Kier alpha value is -0.610. The van der Waals surface area contributed by atoms with Crippen LogP contribution in [-0.2, 0) is 9.53 Å². The first-order chi connectivity index (χ1) is 9.61. The minimum atomic E-state index is -0.527. The molecule has 4 aliphatic carbocycles. The minimum absolute atomic E-state index is 0.128. The minimum Gasteiger partial charge on any atom is -0.462 e. The first kappa shape index (κ1) is 15.3. The van der Waals surface area contributed by atoms with Gasteiger partial charge < -0.3 is 14.9 Å². The fourth-order valence-corrected chi connectivity index (χ4v) is 6.06. The van der Waals surface area contributed by atoms with Crippen LogP contribution in [0.1, 0.15) is 47.5 Å². The van der Waals surface area contributed by atoms with Crippen LogP contribution in [0.3, 0.4) is 0 Å². The Balaban J connectivity index is 2.05. The second kappa shape index (κ2) is 4.45. The number of carbonyl (C=O) groups is 1. The topological polar surface area (TPSA) is 66.8 Å². The molecule has 0 spiro atoms. The van der Waals surface area contributed by atoms with E-state index in [1.807, 2.05) is 0 Å². The van der Waals surface area contributed by atoms with E-state index in [9.17, 15) is 15.0 Å². The average molecular weight is 296 g/mol. The van der Waals surface area contributed by atoms with E-state index in [-0.39, 0.29) is 28.8 Å². The molecule has 4 fully saturated rings. The summed E-state index contributed by atoms with van der Waals surface area (Å²) in [6.45, 7) is 9.98. The van der Waals surface area contributed by atoms with Gasteiger partial charge in [-0.05, 0) is 29.6 Å². The van der Waals surface area contributed by atoms with Crippen LogP contribution < -0.4 is 0 Å². The lowest BCUT2D eigenvalue weighted by atomic mass is 9.35. The third-order valence-electron chi connectivity index (χ3n) is 7.03. The number of aliphatic hydroxyl groups is 2. The van der Waals surface area contributed by atoms with Crippen molar-refractivity contribution in [3.63, 3.8) is 0 Å². The van der Waals surface area contributed by atoms with Gasteiger partial charge in [-0.1, -0.05) is 27.7 Å². The normalized spacial score (nSPS) is 54.3. The molecule has 0 unspecified atom stereocenters. The van der Waals surface area contributed by atoms with Crippen LogP contribution in [0.2, 0.25) is 0 Å². The van der Waals surface area contributed by atoms with Crippen LogP contribution in [0, 0.1) is 34.5 Å². The largest absolute Gasteiger partial charge is 0.462 e. The fourth-order valence-electron chi connectivity index (χ4n) is 6.06. The SMILES string of the molecule is CC(=O)O[C@@H]1C[C@H](C)[C@H]2[C@H]3[C@@H]1[C@]2(C)[C@H](O)C[C@@H](O)C3(C)C. The number of ether oxygens (including phenoxy) is 1. The molecule has 0 saturated heterocycles. The number of hydrogen-bond acceptors (Lipinski definition) is 4. The third-order valence-corrected chi connectivity index (χ3v) is 7.03. The predicted octanol–water partition coefficient (Wildman–Crippen LogP) is 1.98. The summed E-state index contributed by atoms with van der Waals surface area (Å²) in [6.07, 6.45) is 0.139. The summed E-state index contributed by atoms with van der Waals surface area (Å²) in [5.41, 5.74) is -0.489. The molecular formula is C17H28O4. The predicted molar refractivity (Wildman–Crippen MR) is 78.3 cm³/mol. The molecule has 0 radical (unpaired) electrons. The van der Waals surface area contributed by atoms with Crippen LogP contribution in [-0.4, -0.2) is 34.5 Å². The van der Waals surface area contributed by atoms with E-state index in [1.165, 1.54) is 6.92 Å². The van der Waals surface area contributed by atoms with E-state index in [1.54, 1.807) is 0 Å². The third kappa shape index (κ3) is 1.78. The van der Waals surface area contributed by atoms with Crippen molar-refractivity contribution >= 4 is 5.97 Å². The molecule has 4 heteroatoms. The van der Waals surface area contributed by atoms with Crippen molar-refractivity contribution in [3.8, 4) is 0 Å². The van der Waals surface area contributed by atoms with Crippen LogP contribution in [0.25, 0.3) is 0 Å². The van der Waals surface area contributed by atoms with Crippen LogP contribution in [0.4, 0.5) is 0 Å². The van der Waals surface area contributed by atoms with Gasteiger partial charge in [-0.3, -0.25) is 4.79 Å². The highest BCUT2D eigenvalue weighted by atomic mass is 16.5. The molecule has 4 saturated carbocycles. The van der Waals surface area contributed by atoms with Gasteiger partial charge in [0.15, 0.2) is 0 Å². The number of rotatable bonds is 1. The first-order valence-corrected chi connectivity index (χ1v) is 8.15. The summed E-state index contributed by atoms with van der Waals surface area (Å²) in [5, 5.41) is 21.3. The Morgan fingerprint density at radius 1 is 1.05 bits per heavy atom. The summed E-state index contributed by atoms with van der Waals surface area (Å²) in [7, 11) is 0. The van der Waals surface area contributed by atoms with E-state index in [4.69, 9.17) is 4.74 Å². The van der Waals surface area contributed by atoms with Gasteiger partial charge in [0.1, 0.15) is 6.10 Å². The summed E-state index contributed by atoms with van der Waals surface area (Å²) in [6, 6.07) is 0. The lowest BCUT2D eigenvalue weighted by molar-refractivity contribution is -0.283.